The number of hydrogen-bond acceptors (Lipinski definition) is 6. The number of esters is 1. The fourth-order valence-electron chi connectivity index (χ4n) is 3.05. The van der Waals surface area contributed by atoms with E-state index in [2.05, 4.69) is 5.32 Å². The zero-order valence-electron chi connectivity index (χ0n) is 16.6. The lowest BCUT2D eigenvalue weighted by atomic mass is 10.1. The summed E-state index contributed by atoms with van der Waals surface area (Å²) in [5.74, 6) is -2.21. The lowest BCUT2D eigenvalue weighted by Crippen LogP contribution is -2.32. The molecule has 0 saturated heterocycles. The van der Waals surface area contributed by atoms with E-state index in [0.717, 1.165) is 10.5 Å². The smallest absolute Gasteiger partial charge is 0.308 e. The molecule has 30 heavy (non-hydrogen) atoms. The predicted molar refractivity (Wildman–Crippen MR) is 107 cm³/mol. The van der Waals surface area contributed by atoms with Crippen LogP contribution in [0.3, 0.4) is 0 Å². The number of fused-ring (bicyclic) bond motifs is 1. The topological polar surface area (TPSA) is 110 Å². The molecule has 0 bridgehead atoms. The van der Waals surface area contributed by atoms with Gasteiger partial charge in [-0.25, -0.2) is 0 Å². The Hall–Kier alpha value is -3.81. The van der Waals surface area contributed by atoms with Crippen LogP contribution in [-0.4, -0.2) is 47.5 Å². The van der Waals surface area contributed by atoms with E-state index < -0.39 is 30.2 Å². The quantitative estimate of drug-likeness (QED) is 0.428. The highest BCUT2D eigenvalue weighted by molar-refractivity contribution is 6.21. The molecule has 2 aromatic rings. The molecule has 1 aliphatic rings. The highest BCUT2D eigenvalue weighted by atomic mass is 16.5. The molecule has 3 rings (SSSR count). The summed E-state index contributed by atoms with van der Waals surface area (Å²) in [5.41, 5.74) is 2.38. The first-order valence-electron chi connectivity index (χ1n) is 9.29. The van der Waals surface area contributed by atoms with Crippen LogP contribution in [0.15, 0.2) is 42.5 Å². The van der Waals surface area contributed by atoms with Gasteiger partial charge < -0.3 is 10.1 Å². The normalized spacial score (nSPS) is 12.5. The average molecular weight is 408 g/mol. The van der Waals surface area contributed by atoms with Crippen LogP contribution in [0.1, 0.15) is 50.0 Å². The molecule has 0 saturated carbocycles. The number of rotatable bonds is 7. The number of ether oxygens (including phenoxy) is 1. The Labute approximate surface area is 172 Å². The molecule has 8 nitrogen and oxygen atoms in total. The molecule has 1 aliphatic heterocycles. The van der Waals surface area contributed by atoms with E-state index in [9.17, 15) is 24.0 Å². The molecule has 0 fully saturated rings. The Balaban J connectivity index is 1.49. The van der Waals surface area contributed by atoms with Crippen LogP contribution in [0.2, 0.25) is 0 Å². The lowest BCUT2D eigenvalue weighted by molar-refractivity contribution is -0.142. The van der Waals surface area contributed by atoms with Gasteiger partial charge in [0.05, 0.1) is 17.5 Å². The van der Waals surface area contributed by atoms with Gasteiger partial charge in [0.25, 0.3) is 11.8 Å². The van der Waals surface area contributed by atoms with Crippen LogP contribution in [-0.2, 0) is 14.3 Å². The van der Waals surface area contributed by atoms with Crippen molar-refractivity contribution >= 4 is 35.2 Å². The largest absolute Gasteiger partial charge is 0.457 e. The van der Waals surface area contributed by atoms with E-state index in [-0.39, 0.29) is 18.9 Å². The summed E-state index contributed by atoms with van der Waals surface area (Å²) in [5, 5.41) is 2.59. The van der Waals surface area contributed by atoms with Gasteiger partial charge >= 0.3 is 5.97 Å². The summed E-state index contributed by atoms with van der Waals surface area (Å²) < 4.78 is 4.97. The number of hydrogen-bond donors (Lipinski definition) is 1. The first-order chi connectivity index (χ1) is 14.3. The number of aryl methyl sites for hydroxylation is 1. The molecule has 1 heterocycles. The van der Waals surface area contributed by atoms with Gasteiger partial charge in [-0.1, -0.05) is 11.6 Å². The van der Waals surface area contributed by atoms with E-state index in [1.165, 1.54) is 19.1 Å². The van der Waals surface area contributed by atoms with E-state index in [4.69, 9.17) is 4.74 Å². The van der Waals surface area contributed by atoms with Crippen molar-refractivity contribution in [2.75, 3.05) is 18.5 Å². The molecule has 0 spiro atoms. The SMILES string of the molecule is CC(=O)Nc1ccc(C(=O)COC(=O)CCN2C(=O)c3ccc(C)cc3C2=O)cc1. The Bertz CT molecular complexity index is 1040. The van der Waals surface area contributed by atoms with Crippen LogP contribution in [0.4, 0.5) is 5.69 Å². The highest BCUT2D eigenvalue weighted by Crippen LogP contribution is 2.24. The molecule has 154 valence electrons. The Morgan fingerprint density at radius 1 is 0.967 bits per heavy atom. The van der Waals surface area contributed by atoms with Gasteiger partial charge in [-0.2, -0.15) is 0 Å². The molecular weight excluding hydrogens is 388 g/mol. The van der Waals surface area contributed by atoms with Gasteiger partial charge in [0.2, 0.25) is 5.91 Å². The van der Waals surface area contributed by atoms with Crippen molar-refractivity contribution in [2.24, 2.45) is 0 Å². The number of ketones is 1. The second-order valence-corrected chi connectivity index (χ2v) is 6.90. The second kappa shape index (κ2) is 8.69. The summed E-state index contributed by atoms with van der Waals surface area (Å²) in [6.45, 7) is 2.62. The van der Waals surface area contributed by atoms with E-state index in [0.29, 0.717) is 22.4 Å². The number of benzene rings is 2. The number of Topliss-reactive ketones (excluding diaryl/α,β-unsaturated/α-hetero) is 1. The van der Waals surface area contributed by atoms with Crippen LogP contribution in [0, 0.1) is 6.92 Å². The van der Waals surface area contributed by atoms with Gasteiger partial charge in [0.15, 0.2) is 12.4 Å². The van der Waals surface area contributed by atoms with Crippen LogP contribution in [0.5, 0.6) is 0 Å². The Morgan fingerprint density at radius 3 is 2.30 bits per heavy atom. The lowest BCUT2D eigenvalue weighted by Gasteiger charge is -2.13. The molecule has 2 aromatic carbocycles. The monoisotopic (exact) mass is 408 g/mol. The maximum Gasteiger partial charge on any atom is 0.308 e. The molecule has 8 heteroatoms. The van der Waals surface area contributed by atoms with Crippen molar-refractivity contribution in [1.82, 2.24) is 4.90 Å². The third-order valence-electron chi connectivity index (χ3n) is 4.56. The van der Waals surface area contributed by atoms with E-state index >= 15 is 0 Å². The maximum absolute atomic E-state index is 12.4. The first-order valence-corrected chi connectivity index (χ1v) is 9.29. The number of nitrogens with zero attached hydrogens (tertiary/aromatic N) is 1. The fourth-order valence-corrected chi connectivity index (χ4v) is 3.05. The number of carbonyl (C=O) groups is 5. The summed E-state index contributed by atoms with van der Waals surface area (Å²) >= 11 is 0. The number of anilines is 1. The molecule has 1 N–H and O–H groups in total. The number of amides is 3. The van der Waals surface area contributed by atoms with Gasteiger partial charge in [-0.15, -0.1) is 0 Å². The average Bonchev–Trinajstić information content (AvgIpc) is 2.94. The minimum Gasteiger partial charge on any atom is -0.457 e. The molecule has 0 atom stereocenters. The van der Waals surface area contributed by atoms with Crippen molar-refractivity contribution < 1.29 is 28.7 Å². The summed E-state index contributed by atoms with van der Waals surface area (Å²) in [4.78, 5) is 60.9. The fraction of sp³-hybridized carbons (Fsp3) is 0.227. The third kappa shape index (κ3) is 4.60. The molecule has 0 unspecified atom stereocenters. The molecule has 0 aliphatic carbocycles. The summed E-state index contributed by atoms with van der Waals surface area (Å²) in [6, 6.07) is 11.2. The minimum absolute atomic E-state index is 0.121. The van der Waals surface area contributed by atoms with E-state index in [1.807, 2.05) is 6.92 Å². The number of carbonyl (C=O) groups excluding carboxylic acids is 5. The van der Waals surface area contributed by atoms with Gasteiger partial charge in [0.1, 0.15) is 0 Å². The second-order valence-electron chi connectivity index (χ2n) is 6.90. The van der Waals surface area contributed by atoms with E-state index in [1.54, 1.807) is 30.3 Å². The number of imide groups is 1. The van der Waals surface area contributed by atoms with Crippen molar-refractivity contribution in [2.45, 2.75) is 20.3 Å². The van der Waals surface area contributed by atoms with Crippen molar-refractivity contribution in [3.8, 4) is 0 Å². The Kier molecular flexibility index (Phi) is 6.06. The molecule has 0 radical (unpaired) electrons. The van der Waals surface area contributed by atoms with Crippen molar-refractivity contribution in [3.05, 3.63) is 64.7 Å². The van der Waals surface area contributed by atoms with Crippen molar-refractivity contribution in [1.29, 1.82) is 0 Å². The molecule has 0 aromatic heterocycles. The summed E-state index contributed by atoms with van der Waals surface area (Å²) in [7, 11) is 0. The Morgan fingerprint density at radius 2 is 1.63 bits per heavy atom. The molecular formula is C22H20N2O6. The zero-order chi connectivity index (χ0) is 21.8. The summed E-state index contributed by atoms with van der Waals surface area (Å²) in [6.07, 6.45) is -0.209. The highest BCUT2D eigenvalue weighted by Gasteiger charge is 2.35. The van der Waals surface area contributed by atoms with Crippen LogP contribution in [0.25, 0.3) is 0 Å². The zero-order valence-corrected chi connectivity index (χ0v) is 16.6. The van der Waals surface area contributed by atoms with Crippen LogP contribution < -0.4 is 5.32 Å². The standard InChI is InChI=1S/C22H20N2O6/c1-13-3-8-17-18(11-13)22(29)24(21(17)28)10-9-20(27)30-12-19(26)15-4-6-16(7-5-15)23-14(2)25/h3-8,11H,9-10,12H2,1-2H3,(H,23,25). The maximum atomic E-state index is 12.4. The molecule has 3 amide bonds. The third-order valence-corrected chi connectivity index (χ3v) is 4.56. The number of nitrogens with one attached hydrogen (secondary N) is 1. The first kappa shape index (κ1) is 20.9. The van der Waals surface area contributed by atoms with Crippen molar-refractivity contribution in [3.63, 3.8) is 0 Å². The minimum atomic E-state index is -0.689. The predicted octanol–water partition coefficient (Wildman–Crippen LogP) is 2.37. The van der Waals surface area contributed by atoms with Gasteiger partial charge in [-0.05, 0) is 43.3 Å². The van der Waals surface area contributed by atoms with Gasteiger partial charge in [-0.3, -0.25) is 28.9 Å². The van der Waals surface area contributed by atoms with Crippen LogP contribution >= 0.6 is 0 Å². The van der Waals surface area contributed by atoms with Gasteiger partial charge in [0, 0.05) is 24.7 Å².